The van der Waals surface area contributed by atoms with Crippen LogP contribution in [0.15, 0.2) is 58.0 Å². The van der Waals surface area contributed by atoms with E-state index in [4.69, 9.17) is 0 Å². The minimum atomic E-state index is -0.232. The normalized spacial score (nSPS) is 11.3. The molecule has 0 spiro atoms. The molecule has 0 radical (unpaired) electrons. The third-order valence-corrected chi connectivity index (χ3v) is 3.47. The zero-order chi connectivity index (χ0) is 15.1. The van der Waals surface area contributed by atoms with Crippen molar-refractivity contribution < 1.29 is 4.39 Å². The monoisotopic (exact) mass is 349 g/mol. The van der Waals surface area contributed by atoms with E-state index in [1.165, 1.54) is 6.07 Å². The van der Waals surface area contributed by atoms with E-state index < -0.39 is 0 Å². The topological polar surface area (TPSA) is 36.4 Å². The van der Waals surface area contributed by atoms with Crippen LogP contribution in [0, 0.1) is 5.82 Å². The van der Waals surface area contributed by atoms with Gasteiger partial charge in [-0.25, -0.2) is 4.39 Å². The summed E-state index contributed by atoms with van der Waals surface area (Å²) >= 11 is 3.34. The van der Waals surface area contributed by atoms with Gasteiger partial charge in [0, 0.05) is 30.2 Å². The third-order valence-electron chi connectivity index (χ3n) is 2.98. The van der Waals surface area contributed by atoms with Crippen LogP contribution in [-0.4, -0.2) is 13.0 Å². The Kier molecular flexibility index (Phi) is 5.75. The number of halogens is 2. The number of hydrogen-bond acceptors (Lipinski definition) is 1. The van der Waals surface area contributed by atoms with Crippen molar-refractivity contribution in [3.63, 3.8) is 0 Å². The molecule has 0 atom stereocenters. The second-order valence-electron chi connectivity index (χ2n) is 4.50. The number of rotatable bonds is 4. The highest BCUT2D eigenvalue weighted by molar-refractivity contribution is 9.10. The molecule has 0 fully saturated rings. The average Bonchev–Trinajstić information content (AvgIpc) is 2.51. The van der Waals surface area contributed by atoms with Gasteiger partial charge in [-0.2, -0.15) is 0 Å². The van der Waals surface area contributed by atoms with Gasteiger partial charge in [-0.3, -0.25) is 4.99 Å². The summed E-state index contributed by atoms with van der Waals surface area (Å²) in [7, 11) is 1.69. The summed E-state index contributed by atoms with van der Waals surface area (Å²) in [4.78, 5) is 4.13. The highest BCUT2D eigenvalue weighted by atomic mass is 79.9. The first kappa shape index (κ1) is 15.5. The van der Waals surface area contributed by atoms with Crippen LogP contribution in [0.2, 0.25) is 0 Å². The predicted octanol–water partition coefficient (Wildman–Crippen LogP) is 3.45. The van der Waals surface area contributed by atoms with E-state index in [2.05, 4.69) is 31.6 Å². The number of aliphatic imine (C=N–C) groups is 1. The minimum Gasteiger partial charge on any atom is -0.352 e. The molecule has 0 heterocycles. The van der Waals surface area contributed by atoms with Gasteiger partial charge in [0.25, 0.3) is 0 Å². The lowest BCUT2D eigenvalue weighted by molar-refractivity contribution is 0.604. The standard InChI is InChI=1S/C16H17BrFN3/c1-19-16(20-10-12-5-3-2-4-6-12)21-11-13-9-14(17)7-8-15(13)18/h2-9H,10-11H2,1H3,(H2,19,20,21). The number of benzene rings is 2. The molecule has 21 heavy (non-hydrogen) atoms. The van der Waals surface area contributed by atoms with Crippen LogP contribution in [0.4, 0.5) is 4.39 Å². The van der Waals surface area contributed by atoms with Crippen LogP contribution in [-0.2, 0) is 13.1 Å². The molecule has 0 aromatic heterocycles. The first-order valence-corrected chi connectivity index (χ1v) is 7.40. The Morgan fingerprint density at radius 3 is 2.52 bits per heavy atom. The molecule has 2 aromatic rings. The molecule has 5 heteroatoms. The third kappa shape index (κ3) is 4.86. The molecular weight excluding hydrogens is 333 g/mol. The molecular formula is C16H17BrFN3. The van der Waals surface area contributed by atoms with Crippen LogP contribution < -0.4 is 10.6 Å². The van der Waals surface area contributed by atoms with Crippen LogP contribution >= 0.6 is 15.9 Å². The van der Waals surface area contributed by atoms with E-state index in [1.807, 2.05) is 30.3 Å². The summed E-state index contributed by atoms with van der Waals surface area (Å²) in [6, 6.07) is 14.9. The molecule has 0 saturated heterocycles. The van der Waals surface area contributed by atoms with Gasteiger partial charge in [0.2, 0.25) is 0 Å². The predicted molar refractivity (Wildman–Crippen MR) is 87.6 cm³/mol. The molecule has 0 aliphatic heterocycles. The van der Waals surface area contributed by atoms with E-state index in [-0.39, 0.29) is 5.82 Å². The molecule has 110 valence electrons. The summed E-state index contributed by atoms with van der Waals surface area (Å²) in [5.74, 6) is 0.405. The maximum absolute atomic E-state index is 13.7. The summed E-state index contributed by atoms with van der Waals surface area (Å²) in [6.45, 7) is 1.04. The van der Waals surface area contributed by atoms with E-state index in [1.54, 1.807) is 19.2 Å². The molecule has 2 aromatic carbocycles. The molecule has 0 unspecified atom stereocenters. The number of nitrogens with one attached hydrogen (secondary N) is 2. The first-order chi connectivity index (χ1) is 10.2. The van der Waals surface area contributed by atoms with Gasteiger partial charge in [-0.05, 0) is 23.8 Å². The summed E-state index contributed by atoms with van der Waals surface area (Å²) in [5, 5.41) is 6.30. The van der Waals surface area contributed by atoms with Crippen LogP contribution in [0.5, 0.6) is 0 Å². The summed E-state index contributed by atoms with van der Waals surface area (Å²) < 4.78 is 14.5. The lowest BCUT2D eigenvalue weighted by Crippen LogP contribution is -2.36. The fourth-order valence-corrected chi connectivity index (χ4v) is 2.27. The van der Waals surface area contributed by atoms with E-state index in [0.717, 1.165) is 10.0 Å². The Morgan fingerprint density at radius 1 is 1.10 bits per heavy atom. The van der Waals surface area contributed by atoms with Gasteiger partial charge in [0.1, 0.15) is 5.82 Å². The first-order valence-electron chi connectivity index (χ1n) is 6.61. The summed E-state index contributed by atoms with van der Waals surface area (Å²) in [5.41, 5.74) is 1.75. The fourth-order valence-electron chi connectivity index (χ4n) is 1.86. The molecule has 0 saturated carbocycles. The number of guanidine groups is 1. The Morgan fingerprint density at radius 2 is 1.81 bits per heavy atom. The quantitative estimate of drug-likeness (QED) is 0.655. The maximum Gasteiger partial charge on any atom is 0.191 e. The van der Waals surface area contributed by atoms with Crippen molar-refractivity contribution in [3.05, 3.63) is 69.9 Å². The molecule has 2 rings (SSSR count). The molecule has 0 bridgehead atoms. The molecule has 3 nitrogen and oxygen atoms in total. The van der Waals surface area contributed by atoms with E-state index >= 15 is 0 Å². The lowest BCUT2D eigenvalue weighted by Gasteiger charge is -2.12. The minimum absolute atomic E-state index is 0.232. The Balaban J connectivity index is 1.90. The maximum atomic E-state index is 13.7. The van der Waals surface area contributed by atoms with Gasteiger partial charge < -0.3 is 10.6 Å². The average molecular weight is 350 g/mol. The highest BCUT2D eigenvalue weighted by Gasteiger charge is 2.04. The van der Waals surface area contributed by atoms with Crippen LogP contribution in [0.1, 0.15) is 11.1 Å². The molecule has 0 amide bonds. The van der Waals surface area contributed by atoms with Gasteiger partial charge in [0.15, 0.2) is 5.96 Å². The van der Waals surface area contributed by atoms with Gasteiger partial charge in [0.05, 0.1) is 0 Å². The van der Waals surface area contributed by atoms with Crippen molar-refractivity contribution in [1.82, 2.24) is 10.6 Å². The van der Waals surface area contributed by atoms with Gasteiger partial charge in [-0.15, -0.1) is 0 Å². The van der Waals surface area contributed by atoms with Crippen molar-refractivity contribution in [2.75, 3.05) is 7.05 Å². The second kappa shape index (κ2) is 7.78. The van der Waals surface area contributed by atoms with Crippen LogP contribution in [0.25, 0.3) is 0 Å². The highest BCUT2D eigenvalue weighted by Crippen LogP contribution is 2.15. The zero-order valence-corrected chi connectivity index (χ0v) is 13.3. The second-order valence-corrected chi connectivity index (χ2v) is 5.42. The number of hydrogen-bond donors (Lipinski definition) is 2. The zero-order valence-electron chi connectivity index (χ0n) is 11.7. The fraction of sp³-hybridized carbons (Fsp3) is 0.188. The molecule has 0 aliphatic carbocycles. The van der Waals surface area contributed by atoms with Crippen molar-refractivity contribution in [3.8, 4) is 0 Å². The van der Waals surface area contributed by atoms with Crippen molar-refractivity contribution in [2.24, 2.45) is 4.99 Å². The van der Waals surface area contributed by atoms with E-state index in [9.17, 15) is 4.39 Å². The Bertz CT molecular complexity index is 614. The largest absolute Gasteiger partial charge is 0.352 e. The smallest absolute Gasteiger partial charge is 0.191 e. The van der Waals surface area contributed by atoms with Crippen LogP contribution in [0.3, 0.4) is 0 Å². The number of nitrogens with zero attached hydrogens (tertiary/aromatic N) is 1. The molecule has 2 N–H and O–H groups in total. The van der Waals surface area contributed by atoms with Crippen molar-refractivity contribution in [1.29, 1.82) is 0 Å². The Labute approximate surface area is 132 Å². The lowest BCUT2D eigenvalue weighted by atomic mass is 10.2. The summed E-state index contributed by atoms with van der Waals surface area (Å²) in [6.07, 6.45) is 0. The van der Waals surface area contributed by atoms with Crippen molar-refractivity contribution >= 4 is 21.9 Å². The van der Waals surface area contributed by atoms with Gasteiger partial charge in [-0.1, -0.05) is 46.3 Å². The van der Waals surface area contributed by atoms with Crippen molar-refractivity contribution in [2.45, 2.75) is 13.1 Å². The van der Waals surface area contributed by atoms with E-state index in [0.29, 0.717) is 24.6 Å². The van der Waals surface area contributed by atoms with Gasteiger partial charge >= 0.3 is 0 Å². The molecule has 0 aliphatic rings. The Hall–Kier alpha value is -1.88. The SMILES string of the molecule is CN=C(NCc1ccccc1)NCc1cc(Br)ccc1F.